The third-order valence-electron chi connectivity index (χ3n) is 3.91. The van der Waals surface area contributed by atoms with Crippen LogP contribution in [0.3, 0.4) is 0 Å². The van der Waals surface area contributed by atoms with Crippen molar-refractivity contribution in [3.05, 3.63) is 0 Å². The van der Waals surface area contributed by atoms with Crippen molar-refractivity contribution in [1.82, 2.24) is 14.7 Å². The van der Waals surface area contributed by atoms with Crippen LogP contribution in [-0.4, -0.2) is 72.5 Å². The van der Waals surface area contributed by atoms with Gasteiger partial charge in [-0.1, -0.05) is 13.8 Å². The first kappa shape index (κ1) is 15.8. The monoisotopic (exact) mass is 270 g/mol. The highest BCUT2D eigenvalue weighted by atomic mass is 16.2. The van der Waals surface area contributed by atoms with Gasteiger partial charge < -0.3 is 20.4 Å². The minimum Gasteiger partial charge on any atom is -0.338 e. The van der Waals surface area contributed by atoms with Gasteiger partial charge in [0, 0.05) is 40.3 Å². The molecule has 3 amide bonds. The van der Waals surface area contributed by atoms with Crippen LogP contribution in [-0.2, 0) is 4.79 Å². The summed E-state index contributed by atoms with van der Waals surface area (Å²) in [6, 6.07) is -0.00269. The van der Waals surface area contributed by atoms with Gasteiger partial charge in [-0.25, -0.2) is 4.79 Å². The van der Waals surface area contributed by atoms with E-state index in [4.69, 9.17) is 5.73 Å². The number of hydrogen-bond acceptors (Lipinski definition) is 3. The highest BCUT2D eigenvalue weighted by Crippen LogP contribution is 2.17. The zero-order chi connectivity index (χ0) is 14.6. The van der Waals surface area contributed by atoms with Gasteiger partial charge in [0.25, 0.3) is 0 Å². The van der Waals surface area contributed by atoms with E-state index >= 15 is 0 Å². The summed E-state index contributed by atoms with van der Waals surface area (Å²) in [6.45, 7) is 6.16. The molecule has 1 saturated heterocycles. The molecule has 0 aliphatic carbocycles. The number of nitrogens with zero attached hydrogens (tertiary/aromatic N) is 3. The third-order valence-corrected chi connectivity index (χ3v) is 3.91. The van der Waals surface area contributed by atoms with Gasteiger partial charge in [-0.2, -0.15) is 0 Å². The second-order valence-electron chi connectivity index (χ2n) is 5.32. The lowest BCUT2D eigenvalue weighted by Gasteiger charge is -2.39. The molecule has 0 aromatic heterocycles. The lowest BCUT2D eigenvalue weighted by molar-refractivity contribution is -0.138. The predicted octanol–water partition coefficient (Wildman–Crippen LogP) is 0.330. The summed E-state index contributed by atoms with van der Waals surface area (Å²) in [5.74, 6) is 0.00875. The van der Waals surface area contributed by atoms with Crippen molar-refractivity contribution in [1.29, 1.82) is 0 Å². The van der Waals surface area contributed by atoms with Gasteiger partial charge in [0.05, 0.1) is 5.54 Å². The average Bonchev–Trinajstić information content (AvgIpc) is 2.44. The van der Waals surface area contributed by atoms with Crippen molar-refractivity contribution in [2.75, 3.05) is 40.3 Å². The van der Waals surface area contributed by atoms with Crippen molar-refractivity contribution < 1.29 is 9.59 Å². The highest BCUT2D eigenvalue weighted by Gasteiger charge is 2.35. The van der Waals surface area contributed by atoms with Crippen LogP contribution in [0, 0.1) is 0 Å². The average molecular weight is 270 g/mol. The van der Waals surface area contributed by atoms with E-state index in [0.29, 0.717) is 39.0 Å². The van der Waals surface area contributed by atoms with Crippen molar-refractivity contribution >= 4 is 11.9 Å². The van der Waals surface area contributed by atoms with Crippen molar-refractivity contribution in [3.63, 3.8) is 0 Å². The summed E-state index contributed by atoms with van der Waals surface area (Å²) in [5, 5.41) is 0. The molecular formula is C13H26N4O2. The zero-order valence-corrected chi connectivity index (χ0v) is 12.5. The Bertz CT molecular complexity index is 332. The molecule has 0 atom stereocenters. The Morgan fingerprint density at radius 3 is 1.84 bits per heavy atom. The fourth-order valence-electron chi connectivity index (χ4n) is 2.25. The quantitative estimate of drug-likeness (QED) is 0.803. The Morgan fingerprint density at radius 1 is 1.05 bits per heavy atom. The van der Waals surface area contributed by atoms with Gasteiger partial charge >= 0.3 is 6.03 Å². The van der Waals surface area contributed by atoms with Gasteiger partial charge in [0.15, 0.2) is 0 Å². The number of hydrogen-bond donors (Lipinski definition) is 1. The smallest absolute Gasteiger partial charge is 0.319 e. The van der Waals surface area contributed by atoms with Crippen LogP contribution in [0.4, 0.5) is 4.79 Å². The maximum Gasteiger partial charge on any atom is 0.319 e. The van der Waals surface area contributed by atoms with Crippen molar-refractivity contribution in [3.8, 4) is 0 Å². The molecule has 1 aliphatic rings. The third kappa shape index (κ3) is 3.37. The van der Waals surface area contributed by atoms with Crippen LogP contribution in [0.25, 0.3) is 0 Å². The van der Waals surface area contributed by atoms with Crippen LogP contribution in [0.2, 0.25) is 0 Å². The lowest BCUT2D eigenvalue weighted by Crippen LogP contribution is -2.60. The molecule has 19 heavy (non-hydrogen) atoms. The maximum atomic E-state index is 12.4. The standard InChI is InChI=1S/C13H26N4O2/c1-5-13(14,6-2)11(18)16-7-9-17(10-8-16)12(19)15(3)4/h5-10,14H2,1-4H3. The number of carbonyl (C=O) groups excluding carboxylic acids is 2. The van der Waals surface area contributed by atoms with Crippen LogP contribution < -0.4 is 5.73 Å². The molecule has 0 aromatic rings. The van der Waals surface area contributed by atoms with Crippen molar-refractivity contribution in [2.24, 2.45) is 5.73 Å². The summed E-state index contributed by atoms with van der Waals surface area (Å²) in [7, 11) is 3.47. The molecular weight excluding hydrogens is 244 g/mol. The van der Waals surface area contributed by atoms with E-state index in [1.165, 1.54) is 0 Å². The molecule has 0 spiro atoms. The fraction of sp³-hybridized carbons (Fsp3) is 0.846. The summed E-state index contributed by atoms with van der Waals surface area (Å²) in [6.07, 6.45) is 1.28. The normalized spacial score (nSPS) is 16.5. The lowest BCUT2D eigenvalue weighted by atomic mass is 9.92. The number of piperazine rings is 1. The van der Waals surface area contributed by atoms with Gasteiger partial charge in [-0.15, -0.1) is 0 Å². The van der Waals surface area contributed by atoms with Crippen LogP contribution in [0.1, 0.15) is 26.7 Å². The van der Waals surface area contributed by atoms with E-state index in [2.05, 4.69) is 0 Å². The van der Waals surface area contributed by atoms with Gasteiger partial charge in [-0.3, -0.25) is 4.79 Å². The number of rotatable bonds is 3. The molecule has 0 bridgehead atoms. The Labute approximate surface area is 115 Å². The molecule has 110 valence electrons. The summed E-state index contributed by atoms with van der Waals surface area (Å²) >= 11 is 0. The van der Waals surface area contributed by atoms with Crippen LogP contribution in [0.15, 0.2) is 0 Å². The molecule has 1 rings (SSSR count). The molecule has 2 N–H and O–H groups in total. The molecule has 1 fully saturated rings. The van der Waals surface area contributed by atoms with E-state index in [1.54, 1.807) is 28.8 Å². The minimum absolute atomic E-state index is 0.00269. The van der Waals surface area contributed by atoms with Crippen LogP contribution in [0.5, 0.6) is 0 Å². The molecule has 0 radical (unpaired) electrons. The second-order valence-corrected chi connectivity index (χ2v) is 5.32. The SMILES string of the molecule is CCC(N)(CC)C(=O)N1CCN(C(=O)N(C)C)CC1. The fourth-order valence-corrected chi connectivity index (χ4v) is 2.25. The maximum absolute atomic E-state index is 12.4. The summed E-state index contributed by atoms with van der Waals surface area (Å²) < 4.78 is 0. The molecule has 0 unspecified atom stereocenters. The summed E-state index contributed by atoms with van der Waals surface area (Å²) in [5.41, 5.74) is 5.38. The molecule has 0 aromatic carbocycles. The van der Waals surface area contributed by atoms with E-state index in [9.17, 15) is 9.59 Å². The van der Waals surface area contributed by atoms with Crippen LogP contribution >= 0.6 is 0 Å². The van der Waals surface area contributed by atoms with E-state index in [-0.39, 0.29) is 11.9 Å². The topological polar surface area (TPSA) is 69.9 Å². The Balaban J connectivity index is 2.59. The second kappa shape index (κ2) is 6.23. The van der Waals surface area contributed by atoms with Gasteiger partial charge in [0.1, 0.15) is 0 Å². The molecule has 1 heterocycles. The predicted molar refractivity (Wildman–Crippen MR) is 74.7 cm³/mol. The zero-order valence-electron chi connectivity index (χ0n) is 12.5. The first-order chi connectivity index (χ1) is 8.85. The Kier molecular flexibility index (Phi) is 5.17. The van der Waals surface area contributed by atoms with Gasteiger partial charge in [-0.05, 0) is 12.8 Å². The molecule has 6 heteroatoms. The number of carbonyl (C=O) groups is 2. The first-order valence-electron chi connectivity index (χ1n) is 6.90. The Morgan fingerprint density at radius 2 is 1.47 bits per heavy atom. The highest BCUT2D eigenvalue weighted by molar-refractivity contribution is 5.86. The largest absolute Gasteiger partial charge is 0.338 e. The minimum atomic E-state index is -0.756. The first-order valence-corrected chi connectivity index (χ1v) is 6.90. The van der Waals surface area contributed by atoms with E-state index in [0.717, 1.165) is 0 Å². The van der Waals surface area contributed by atoms with Crippen molar-refractivity contribution in [2.45, 2.75) is 32.2 Å². The Hall–Kier alpha value is -1.30. The number of nitrogens with two attached hydrogens (primary N) is 1. The number of urea groups is 1. The summed E-state index contributed by atoms with van der Waals surface area (Å²) in [4.78, 5) is 29.3. The van der Waals surface area contributed by atoms with E-state index in [1.807, 2.05) is 13.8 Å². The van der Waals surface area contributed by atoms with E-state index < -0.39 is 5.54 Å². The molecule has 1 aliphatic heterocycles. The van der Waals surface area contributed by atoms with Gasteiger partial charge in [0.2, 0.25) is 5.91 Å². The molecule has 6 nitrogen and oxygen atoms in total. The molecule has 0 saturated carbocycles. The number of amides is 3.